The number of carbonyl (C=O) groups excluding carboxylic acids is 1. The van der Waals surface area contributed by atoms with Gasteiger partial charge in [-0.3, -0.25) is 4.90 Å². The Kier molecular flexibility index (Phi) is 6.39. The summed E-state index contributed by atoms with van der Waals surface area (Å²) in [5.74, 6) is -0.0999. The molecule has 6 rings (SSSR count). The molecule has 1 saturated carbocycles. The summed E-state index contributed by atoms with van der Waals surface area (Å²) >= 11 is 0. The van der Waals surface area contributed by atoms with E-state index in [2.05, 4.69) is 24.9 Å². The van der Waals surface area contributed by atoms with Gasteiger partial charge in [-0.1, -0.05) is 6.07 Å². The Morgan fingerprint density at radius 2 is 1.95 bits per heavy atom. The molecule has 1 aliphatic heterocycles. The standard InChI is InChI=1S/C28H26F3N7O3/c1-14-11-37(4)23(35-14)17-8-5-15(9-19(17)29)12-38-24-18(28(2,3)41-27(38)39)10-32-22(36-24)20-21(16-6-7-16)33-13-34-25(20)40-26(30)31/h5,8-11,13,16,26H,6-7,12H2,1-4H3. The van der Waals surface area contributed by atoms with E-state index in [-0.39, 0.29) is 35.5 Å². The van der Waals surface area contributed by atoms with Gasteiger partial charge in [0.15, 0.2) is 5.82 Å². The molecule has 1 aliphatic carbocycles. The van der Waals surface area contributed by atoms with Gasteiger partial charge in [-0.2, -0.15) is 8.78 Å². The van der Waals surface area contributed by atoms with Gasteiger partial charge in [-0.05, 0) is 51.3 Å². The molecule has 212 valence electrons. The van der Waals surface area contributed by atoms with Crippen LogP contribution in [0.25, 0.3) is 22.8 Å². The zero-order chi connectivity index (χ0) is 29.1. The summed E-state index contributed by atoms with van der Waals surface area (Å²) in [5.41, 5.74) is 1.61. The number of halogens is 3. The van der Waals surface area contributed by atoms with Gasteiger partial charge < -0.3 is 14.0 Å². The van der Waals surface area contributed by atoms with Gasteiger partial charge in [-0.15, -0.1) is 0 Å². The maximum atomic E-state index is 15.3. The SMILES string of the molecule is Cc1cn(C)c(-c2ccc(CN3C(=O)OC(C)(C)c4cnc(-c5c(OC(F)F)ncnc5C5CC5)nc43)cc2F)n1. The third-order valence-corrected chi connectivity index (χ3v) is 7.08. The number of rotatable bonds is 7. The molecule has 0 radical (unpaired) electrons. The molecule has 10 nitrogen and oxygen atoms in total. The van der Waals surface area contributed by atoms with Gasteiger partial charge >= 0.3 is 12.7 Å². The minimum Gasteiger partial charge on any atom is -0.438 e. The van der Waals surface area contributed by atoms with Crippen LogP contribution in [0.5, 0.6) is 5.88 Å². The third kappa shape index (κ3) is 4.96. The number of imidazole rings is 1. The van der Waals surface area contributed by atoms with Crippen molar-refractivity contribution in [2.75, 3.05) is 4.90 Å². The van der Waals surface area contributed by atoms with E-state index in [9.17, 15) is 13.6 Å². The largest absolute Gasteiger partial charge is 0.438 e. The number of amides is 1. The molecule has 2 aliphatic rings. The molecule has 0 spiro atoms. The molecule has 1 aromatic carbocycles. The third-order valence-electron chi connectivity index (χ3n) is 7.08. The summed E-state index contributed by atoms with van der Waals surface area (Å²) in [6, 6.07) is 4.64. The number of aryl methyl sites for hydroxylation is 2. The summed E-state index contributed by atoms with van der Waals surface area (Å²) < 4.78 is 53.9. The first-order valence-electron chi connectivity index (χ1n) is 13.0. The van der Waals surface area contributed by atoms with Gasteiger partial charge in [0, 0.05) is 25.4 Å². The van der Waals surface area contributed by atoms with Crippen LogP contribution < -0.4 is 9.64 Å². The first-order valence-corrected chi connectivity index (χ1v) is 13.0. The predicted octanol–water partition coefficient (Wildman–Crippen LogP) is 5.65. The van der Waals surface area contributed by atoms with Gasteiger partial charge in [0.25, 0.3) is 0 Å². The summed E-state index contributed by atoms with van der Waals surface area (Å²) in [6.45, 7) is 2.02. The first-order chi connectivity index (χ1) is 19.5. The second-order valence-corrected chi connectivity index (χ2v) is 10.6. The molecule has 0 bridgehead atoms. The molecule has 0 unspecified atom stereocenters. The number of hydrogen-bond donors (Lipinski definition) is 0. The van der Waals surface area contributed by atoms with Crippen molar-refractivity contribution in [1.29, 1.82) is 0 Å². The molecule has 13 heteroatoms. The lowest BCUT2D eigenvalue weighted by molar-refractivity contribution is -0.0525. The van der Waals surface area contributed by atoms with Crippen molar-refractivity contribution >= 4 is 11.9 Å². The maximum absolute atomic E-state index is 15.3. The highest BCUT2D eigenvalue weighted by atomic mass is 19.3. The van der Waals surface area contributed by atoms with E-state index >= 15 is 4.39 Å². The van der Waals surface area contributed by atoms with Crippen molar-refractivity contribution in [3.8, 4) is 28.7 Å². The molecule has 1 amide bonds. The van der Waals surface area contributed by atoms with Crippen molar-refractivity contribution in [2.24, 2.45) is 7.05 Å². The topological polar surface area (TPSA) is 108 Å². The van der Waals surface area contributed by atoms with Crippen molar-refractivity contribution in [3.05, 3.63) is 65.3 Å². The number of benzene rings is 1. The van der Waals surface area contributed by atoms with Crippen molar-refractivity contribution in [2.45, 2.75) is 58.3 Å². The number of alkyl halides is 2. The predicted molar refractivity (Wildman–Crippen MR) is 141 cm³/mol. The molecule has 4 aromatic rings. The number of hydrogen-bond acceptors (Lipinski definition) is 8. The average Bonchev–Trinajstić information content (AvgIpc) is 3.69. The molecule has 0 N–H and O–H groups in total. The van der Waals surface area contributed by atoms with Crippen LogP contribution in [0.15, 0.2) is 36.9 Å². The second kappa shape index (κ2) is 9.82. The van der Waals surface area contributed by atoms with Crippen LogP contribution in [0, 0.1) is 12.7 Å². The number of cyclic esters (lactones) is 1. The fourth-order valence-corrected chi connectivity index (χ4v) is 5.00. The lowest BCUT2D eigenvalue weighted by Gasteiger charge is -2.37. The molecule has 3 aromatic heterocycles. The normalized spacial score (nSPS) is 16.1. The van der Waals surface area contributed by atoms with Gasteiger partial charge in [0.05, 0.1) is 29.1 Å². The Balaban J connectivity index is 1.41. The van der Waals surface area contributed by atoms with E-state index in [4.69, 9.17) is 9.47 Å². The molecular formula is C28H26F3N7O3. The Morgan fingerprint density at radius 3 is 2.61 bits per heavy atom. The summed E-state index contributed by atoms with van der Waals surface area (Å²) in [7, 11) is 1.78. The lowest BCUT2D eigenvalue weighted by Crippen LogP contribution is -2.43. The zero-order valence-corrected chi connectivity index (χ0v) is 22.7. The average molecular weight is 566 g/mol. The minimum atomic E-state index is -3.12. The van der Waals surface area contributed by atoms with Crippen molar-refractivity contribution in [1.82, 2.24) is 29.5 Å². The Hall–Kier alpha value is -4.55. The van der Waals surface area contributed by atoms with Crippen LogP contribution in [0.1, 0.15) is 55.1 Å². The maximum Gasteiger partial charge on any atom is 0.416 e. The quantitative estimate of drug-likeness (QED) is 0.283. The zero-order valence-electron chi connectivity index (χ0n) is 22.7. The molecular weight excluding hydrogens is 539 g/mol. The van der Waals surface area contributed by atoms with E-state index in [1.165, 1.54) is 23.5 Å². The smallest absolute Gasteiger partial charge is 0.416 e. The Morgan fingerprint density at radius 1 is 1.17 bits per heavy atom. The van der Waals surface area contributed by atoms with Crippen LogP contribution >= 0.6 is 0 Å². The summed E-state index contributed by atoms with van der Waals surface area (Å²) in [4.78, 5) is 36.2. The monoisotopic (exact) mass is 565 g/mol. The fourth-order valence-electron chi connectivity index (χ4n) is 5.00. The lowest BCUT2D eigenvalue weighted by atomic mass is 9.97. The van der Waals surface area contributed by atoms with Gasteiger partial charge in [0.2, 0.25) is 5.88 Å². The second-order valence-electron chi connectivity index (χ2n) is 10.6. The number of ether oxygens (including phenoxy) is 2. The van der Waals surface area contributed by atoms with Crippen molar-refractivity contribution in [3.63, 3.8) is 0 Å². The van der Waals surface area contributed by atoms with E-state index in [1.54, 1.807) is 43.8 Å². The Bertz CT molecular complexity index is 1670. The highest BCUT2D eigenvalue weighted by molar-refractivity contribution is 5.90. The van der Waals surface area contributed by atoms with Gasteiger partial charge in [0.1, 0.15) is 35.0 Å². The van der Waals surface area contributed by atoms with Crippen molar-refractivity contribution < 1.29 is 27.4 Å². The number of fused-ring (bicyclic) bond motifs is 1. The van der Waals surface area contributed by atoms with Gasteiger partial charge in [-0.25, -0.2) is 34.1 Å². The number of anilines is 1. The molecule has 0 saturated heterocycles. The minimum absolute atomic E-state index is 0.0316. The number of aromatic nitrogens is 6. The van der Waals surface area contributed by atoms with E-state index in [0.717, 1.165) is 18.5 Å². The molecule has 41 heavy (non-hydrogen) atoms. The van der Waals surface area contributed by atoms with Crippen LogP contribution in [0.3, 0.4) is 0 Å². The van der Waals surface area contributed by atoms with E-state index in [1.807, 2.05) is 6.92 Å². The van der Waals surface area contributed by atoms with E-state index < -0.39 is 24.1 Å². The highest BCUT2D eigenvalue weighted by Gasteiger charge is 2.41. The molecule has 4 heterocycles. The van der Waals surface area contributed by atoms with Crippen LogP contribution in [-0.4, -0.2) is 42.2 Å². The fraction of sp³-hybridized carbons (Fsp3) is 0.357. The number of nitrogens with zero attached hydrogens (tertiary/aromatic N) is 7. The summed E-state index contributed by atoms with van der Waals surface area (Å²) in [6.07, 6.45) is 5.41. The van der Waals surface area contributed by atoms with E-state index in [0.29, 0.717) is 28.2 Å². The van der Waals surface area contributed by atoms with Crippen LogP contribution in [0.4, 0.5) is 23.8 Å². The summed E-state index contributed by atoms with van der Waals surface area (Å²) in [5, 5.41) is 0. The first kappa shape index (κ1) is 26.7. The van der Waals surface area contributed by atoms with Crippen LogP contribution in [-0.2, 0) is 23.9 Å². The molecule has 0 atom stereocenters. The highest BCUT2D eigenvalue weighted by Crippen LogP contribution is 2.46. The molecule has 1 fully saturated rings. The number of carbonyl (C=O) groups is 1. The van der Waals surface area contributed by atoms with Crippen LogP contribution in [0.2, 0.25) is 0 Å². The Labute approximate surface area is 233 Å².